The van der Waals surface area contributed by atoms with E-state index in [1.54, 1.807) is 0 Å². The van der Waals surface area contributed by atoms with Gasteiger partial charge in [0.1, 0.15) is 0 Å². The summed E-state index contributed by atoms with van der Waals surface area (Å²) in [5.74, 6) is 2.14. The molecule has 3 aliphatic rings. The first-order valence-electron chi connectivity index (χ1n) is 6.32. The fraction of sp³-hybridized carbons (Fsp3) is 1.00. The molecule has 0 aromatic carbocycles. The average molecular weight is 194 g/mol. The summed E-state index contributed by atoms with van der Waals surface area (Å²) >= 11 is 0. The molecule has 3 fully saturated rings. The highest BCUT2D eigenvalue weighted by Crippen LogP contribution is 2.47. The van der Waals surface area contributed by atoms with Crippen LogP contribution in [0.25, 0.3) is 0 Å². The Balaban J connectivity index is 1.69. The first-order valence-corrected chi connectivity index (χ1v) is 6.32. The zero-order valence-electron chi connectivity index (χ0n) is 9.21. The third-order valence-corrected chi connectivity index (χ3v) is 4.15. The molecule has 1 saturated heterocycles. The van der Waals surface area contributed by atoms with Gasteiger partial charge in [0.2, 0.25) is 0 Å². The second kappa shape index (κ2) is 3.49. The van der Waals surface area contributed by atoms with Gasteiger partial charge in [0.25, 0.3) is 0 Å². The van der Waals surface area contributed by atoms with Crippen LogP contribution in [0.15, 0.2) is 0 Å². The summed E-state index contributed by atoms with van der Waals surface area (Å²) < 4.78 is 0. The van der Waals surface area contributed by atoms with Crippen LogP contribution in [0, 0.1) is 11.8 Å². The summed E-state index contributed by atoms with van der Waals surface area (Å²) in [6.07, 6.45) is 6.05. The lowest BCUT2D eigenvalue weighted by atomic mass is 10.0. The first-order chi connectivity index (χ1) is 6.86. The number of rotatable bonds is 3. The van der Waals surface area contributed by atoms with Gasteiger partial charge >= 0.3 is 0 Å². The van der Waals surface area contributed by atoms with E-state index in [-0.39, 0.29) is 0 Å². The number of hydrogen-bond donors (Lipinski definition) is 1. The van der Waals surface area contributed by atoms with E-state index in [4.69, 9.17) is 0 Å². The lowest BCUT2D eigenvalue weighted by Gasteiger charge is -2.40. The Bertz CT molecular complexity index is 196. The van der Waals surface area contributed by atoms with Crippen LogP contribution in [-0.4, -0.2) is 36.6 Å². The Hall–Kier alpha value is -0.0800. The second-order valence-corrected chi connectivity index (χ2v) is 5.46. The lowest BCUT2D eigenvalue weighted by molar-refractivity contribution is 0.0888. The molecular weight excluding hydrogens is 172 g/mol. The molecule has 3 rings (SSSR count). The van der Waals surface area contributed by atoms with Gasteiger partial charge < -0.3 is 5.32 Å². The van der Waals surface area contributed by atoms with E-state index in [9.17, 15) is 0 Å². The molecule has 0 spiro atoms. The Morgan fingerprint density at radius 1 is 1.14 bits per heavy atom. The van der Waals surface area contributed by atoms with Crippen molar-refractivity contribution in [3.05, 3.63) is 0 Å². The van der Waals surface area contributed by atoms with Crippen molar-refractivity contribution in [2.45, 2.75) is 44.7 Å². The maximum atomic E-state index is 3.50. The highest BCUT2D eigenvalue weighted by molar-refractivity contribution is 4.99. The van der Waals surface area contributed by atoms with Crippen molar-refractivity contribution in [2.75, 3.05) is 19.6 Å². The van der Waals surface area contributed by atoms with Gasteiger partial charge in [0.15, 0.2) is 0 Å². The van der Waals surface area contributed by atoms with Crippen LogP contribution in [0.2, 0.25) is 0 Å². The van der Waals surface area contributed by atoms with E-state index < -0.39 is 0 Å². The molecule has 0 aromatic heterocycles. The normalized spacial score (nSPS) is 35.1. The zero-order chi connectivity index (χ0) is 9.54. The SMILES string of the molecule is CC1CNCCN1C(C1CC1)C1CC1. The van der Waals surface area contributed by atoms with E-state index in [2.05, 4.69) is 17.1 Å². The van der Waals surface area contributed by atoms with Crippen molar-refractivity contribution < 1.29 is 0 Å². The topological polar surface area (TPSA) is 15.3 Å². The van der Waals surface area contributed by atoms with E-state index in [0.717, 1.165) is 23.9 Å². The van der Waals surface area contributed by atoms with Gasteiger partial charge in [0.05, 0.1) is 0 Å². The minimum atomic E-state index is 0.773. The molecule has 1 aliphatic heterocycles. The molecule has 14 heavy (non-hydrogen) atoms. The Morgan fingerprint density at radius 3 is 2.29 bits per heavy atom. The maximum Gasteiger partial charge on any atom is 0.0196 e. The molecule has 80 valence electrons. The molecular formula is C12H22N2. The van der Waals surface area contributed by atoms with Gasteiger partial charge in [-0.3, -0.25) is 4.90 Å². The van der Waals surface area contributed by atoms with Crippen LogP contribution < -0.4 is 5.32 Å². The molecule has 2 aliphatic carbocycles. The summed E-state index contributed by atoms with van der Waals surface area (Å²) in [6.45, 7) is 6.10. The van der Waals surface area contributed by atoms with Crippen molar-refractivity contribution in [2.24, 2.45) is 11.8 Å². The van der Waals surface area contributed by atoms with Crippen LogP contribution in [0.3, 0.4) is 0 Å². The molecule has 0 bridgehead atoms. The molecule has 2 heteroatoms. The van der Waals surface area contributed by atoms with Gasteiger partial charge in [-0.2, -0.15) is 0 Å². The zero-order valence-corrected chi connectivity index (χ0v) is 9.21. The van der Waals surface area contributed by atoms with Crippen LogP contribution in [0.4, 0.5) is 0 Å². The molecule has 2 saturated carbocycles. The number of nitrogens with one attached hydrogen (secondary N) is 1. The fourth-order valence-electron chi connectivity index (χ4n) is 3.10. The number of nitrogens with zero attached hydrogens (tertiary/aromatic N) is 1. The molecule has 1 heterocycles. The fourth-order valence-corrected chi connectivity index (χ4v) is 3.10. The average Bonchev–Trinajstić information content (AvgIpc) is 2.99. The molecule has 1 atom stereocenters. The van der Waals surface area contributed by atoms with Gasteiger partial charge in [-0.1, -0.05) is 0 Å². The van der Waals surface area contributed by atoms with Crippen LogP contribution in [0.5, 0.6) is 0 Å². The Morgan fingerprint density at radius 2 is 1.79 bits per heavy atom. The number of piperazine rings is 1. The lowest BCUT2D eigenvalue weighted by Crippen LogP contribution is -2.55. The highest BCUT2D eigenvalue weighted by atomic mass is 15.2. The van der Waals surface area contributed by atoms with Gasteiger partial charge in [-0.05, 0) is 44.4 Å². The van der Waals surface area contributed by atoms with Crippen LogP contribution in [0.1, 0.15) is 32.6 Å². The molecule has 1 unspecified atom stereocenters. The van der Waals surface area contributed by atoms with E-state index >= 15 is 0 Å². The van der Waals surface area contributed by atoms with Gasteiger partial charge in [0, 0.05) is 31.7 Å². The second-order valence-electron chi connectivity index (χ2n) is 5.46. The van der Waals surface area contributed by atoms with E-state index in [1.165, 1.54) is 45.3 Å². The minimum Gasteiger partial charge on any atom is -0.314 e. The van der Waals surface area contributed by atoms with Crippen LogP contribution in [-0.2, 0) is 0 Å². The maximum absolute atomic E-state index is 3.50. The highest BCUT2D eigenvalue weighted by Gasteiger charge is 2.45. The third-order valence-electron chi connectivity index (χ3n) is 4.15. The molecule has 0 radical (unpaired) electrons. The summed E-state index contributed by atoms with van der Waals surface area (Å²) in [7, 11) is 0. The summed E-state index contributed by atoms with van der Waals surface area (Å²) in [4.78, 5) is 2.81. The van der Waals surface area contributed by atoms with Crippen molar-refractivity contribution >= 4 is 0 Å². The Labute approximate surface area is 87.0 Å². The first kappa shape index (κ1) is 9.17. The third kappa shape index (κ3) is 1.70. The summed E-state index contributed by atoms with van der Waals surface area (Å²) in [6, 6.07) is 1.74. The van der Waals surface area contributed by atoms with Crippen molar-refractivity contribution in [3.63, 3.8) is 0 Å². The smallest absolute Gasteiger partial charge is 0.0196 e. The predicted molar refractivity (Wildman–Crippen MR) is 58.3 cm³/mol. The van der Waals surface area contributed by atoms with Gasteiger partial charge in [-0.15, -0.1) is 0 Å². The van der Waals surface area contributed by atoms with Crippen LogP contribution >= 0.6 is 0 Å². The summed E-state index contributed by atoms with van der Waals surface area (Å²) in [5, 5.41) is 3.50. The van der Waals surface area contributed by atoms with Crippen molar-refractivity contribution in [1.29, 1.82) is 0 Å². The Kier molecular flexibility index (Phi) is 2.29. The molecule has 1 N–H and O–H groups in total. The molecule has 0 amide bonds. The predicted octanol–water partition coefficient (Wildman–Crippen LogP) is 1.47. The largest absolute Gasteiger partial charge is 0.314 e. The molecule has 0 aromatic rings. The summed E-state index contributed by atoms with van der Waals surface area (Å²) in [5.41, 5.74) is 0. The molecule has 2 nitrogen and oxygen atoms in total. The minimum absolute atomic E-state index is 0.773. The van der Waals surface area contributed by atoms with E-state index in [1.807, 2.05) is 0 Å². The van der Waals surface area contributed by atoms with Gasteiger partial charge in [-0.25, -0.2) is 0 Å². The van der Waals surface area contributed by atoms with Crippen molar-refractivity contribution in [1.82, 2.24) is 10.2 Å². The van der Waals surface area contributed by atoms with Crippen molar-refractivity contribution in [3.8, 4) is 0 Å². The quantitative estimate of drug-likeness (QED) is 0.732. The standard InChI is InChI=1S/C12H22N2/c1-9-8-13-6-7-14(9)12(10-2-3-10)11-4-5-11/h9-13H,2-8H2,1H3. The monoisotopic (exact) mass is 194 g/mol. The van der Waals surface area contributed by atoms with E-state index in [0.29, 0.717) is 0 Å². The number of hydrogen-bond acceptors (Lipinski definition) is 2.